The van der Waals surface area contributed by atoms with Gasteiger partial charge in [-0.25, -0.2) is 4.99 Å². The first-order valence-corrected chi connectivity index (χ1v) is 10.4. The largest absolute Gasteiger partial charge is 0.209 e. The Balaban J connectivity index is 3.90. The van der Waals surface area contributed by atoms with Crippen molar-refractivity contribution in [2.75, 3.05) is 0 Å². The predicted octanol–water partition coefficient (Wildman–Crippen LogP) is 4.60. The van der Waals surface area contributed by atoms with Gasteiger partial charge in [-0.1, -0.05) is 58.3 Å². The maximum Gasteiger partial charge on any atom is 0.0478 e. The molecule has 31 heavy (non-hydrogen) atoms. The van der Waals surface area contributed by atoms with Crippen molar-refractivity contribution in [3.63, 3.8) is 0 Å². The Morgan fingerprint density at radius 1 is 0.516 bits per heavy atom. The Kier molecular flexibility index (Phi) is 22.2. The van der Waals surface area contributed by atoms with E-state index in [9.17, 15) is 0 Å². The molecule has 0 rings (SSSR count). The highest BCUT2D eigenvalue weighted by Gasteiger charge is 1.91. The van der Waals surface area contributed by atoms with Crippen LogP contribution in [0.5, 0.6) is 0 Å². The lowest BCUT2D eigenvalue weighted by Gasteiger charge is -2.00. The van der Waals surface area contributed by atoms with Crippen molar-refractivity contribution < 1.29 is 0 Å². The topological polar surface area (TPSA) is 12.4 Å². The standard InChI is InChI=1S/C30H25N/c1-3-5-7-9-11-13-15-16-17-18-19-20-22-24-26-28-30-31-29-27-25-23-21-14-12-10-8-6-4-2/h1,29H,4,6,8,10,12,14,21,23,25,27H2,2H3. The van der Waals surface area contributed by atoms with Gasteiger partial charge in [0.1, 0.15) is 0 Å². The Morgan fingerprint density at radius 3 is 1.35 bits per heavy atom. The molecule has 0 aromatic heterocycles. The van der Waals surface area contributed by atoms with E-state index in [2.05, 4.69) is 113 Å². The van der Waals surface area contributed by atoms with Crippen LogP contribution in [0.1, 0.15) is 71.1 Å². The summed E-state index contributed by atoms with van der Waals surface area (Å²) in [5, 5.41) is 0. The molecular weight excluding hydrogens is 374 g/mol. The number of hydrogen-bond acceptors (Lipinski definition) is 1. The average Bonchev–Trinajstić information content (AvgIpc) is 2.78. The van der Waals surface area contributed by atoms with Crippen LogP contribution in [-0.2, 0) is 0 Å². The summed E-state index contributed by atoms with van der Waals surface area (Å²) in [4.78, 5) is 4.02. The van der Waals surface area contributed by atoms with E-state index in [0.29, 0.717) is 0 Å². The van der Waals surface area contributed by atoms with E-state index in [1.54, 1.807) is 0 Å². The van der Waals surface area contributed by atoms with Crippen molar-refractivity contribution in [2.45, 2.75) is 71.1 Å². The maximum absolute atomic E-state index is 4.94. The lowest BCUT2D eigenvalue weighted by atomic mass is 10.1. The number of nitrogens with zero attached hydrogens (tertiary/aromatic N) is 1. The Labute approximate surface area is 189 Å². The minimum absolute atomic E-state index is 0.963. The van der Waals surface area contributed by atoms with E-state index in [1.165, 1.54) is 57.8 Å². The molecule has 0 saturated heterocycles. The Bertz CT molecular complexity index is 1100. The second-order valence-electron chi connectivity index (χ2n) is 6.06. The van der Waals surface area contributed by atoms with Gasteiger partial charge in [0, 0.05) is 59.6 Å². The minimum Gasteiger partial charge on any atom is -0.209 e. The lowest BCUT2D eigenvalue weighted by molar-refractivity contribution is 0.569. The molecule has 0 fully saturated rings. The van der Waals surface area contributed by atoms with E-state index in [0.717, 1.165) is 6.42 Å². The molecule has 0 N–H and O–H groups in total. The van der Waals surface area contributed by atoms with Crippen LogP contribution in [0.15, 0.2) is 4.99 Å². The fourth-order valence-corrected chi connectivity index (χ4v) is 2.16. The number of hydrogen-bond donors (Lipinski definition) is 0. The number of unbranched alkanes of at least 4 members (excludes halogenated alkanes) is 9. The molecule has 0 amide bonds. The molecule has 0 spiro atoms. The minimum atomic E-state index is 0.963. The molecule has 0 aliphatic rings. The highest BCUT2D eigenvalue weighted by Crippen LogP contribution is 2.09. The van der Waals surface area contributed by atoms with E-state index in [1.807, 2.05) is 6.21 Å². The zero-order valence-electron chi connectivity index (χ0n) is 18.2. The lowest BCUT2D eigenvalue weighted by Crippen LogP contribution is -1.82. The van der Waals surface area contributed by atoms with Crippen LogP contribution in [0, 0.1) is 107 Å². The summed E-state index contributed by atoms with van der Waals surface area (Å²) in [6.07, 6.45) is 19.7. The van der Waals surface area contributed by atoms with Gasteiger partial charge in [0.15, 0.2) is 0 Å². The first-order chi connectivity index (χ1) is 15.4. The van der Waals surface area contributed by atoms with Gasteiger partial charge >= 0.3 is 0 Å². The summed E-state index contributed by atoms with van der Waals surface area (Å²) >= 11 is 0. The second kappa shape index (κ2) is 25.7. The molecule has 0 radical (unpaired) electrons. The van der Waals surface area contributed by atoms with Crippen molar-refractivity contribution in [3.05, 3.63) is 0 Å². The molecule has 0 bridgehead atoms. The number of rotatable bonds is 10. The zero-order chi connectivity index (χ0) is 22.5. The van der Waals surface area contributed by atoms with Gasteiger partial charge in [-0.2, -0.15) is 0 Å². The monoisotopic (exact) mass is 399 g/mol. The highest BCUT2D eigenvalue weighted by molar-refractivity contribution is 5.59. The molecule has 1 nitrogen and oxygen atoms in total. The first kappa shape index (κ1) is 26.7. The van der Waals surface area contributed by atoms with Crippen LogP contribution in [0.4, 0.5) is 0 Å². The summed E-state index contributed by atoms with van der Waals surface area (Å²) in [7, 11) is 0. The van der Waals surface area contributed by atoms with Crippen LogP contribution in [-0.4, -0.2) is 6.21 Å². The van der Waals surface area contributed by atoms with Gasteiger partial charge in [-0.15, -0.1) is 6.42 Å². The fraction of sp³-hybridized carbons (Fsp3) is 0.367. The van der Waals surface area contributed by atoms with Gasteiger partial charge in [-0.05, 0) is 60.2 Å². The van der Waals surface area contributed by atoms with E-state index in [-0.39, 0.29) is 0 Å². The van der Waals surface area contributed by atoms with Crippen molar-refractivity contribution in [1.82, 2.24) is 0 Å². The van der Waals surface area contributed by atoms with Crippen LogP contribution >= 0.6 is 0 Å². The first-order valence-electron chi connectivity index (χ1n) is 10.4. The fourth-order valence-electron chi connectivity index (χ4n) is 2.16. The predicted molar refractivity (Wildman–Crippen MR) is 131 cm³/mol. The molecule has 0 aliphatic carbocycles. The normalized spacial score (nSPS) is 7.23. The molecule has 1 heteroatoms. The van der Waals surface area contributed by atoms with Crippen LogP contribution in [0.2, 0.25) is 0 Å². The van der Waals surface area contributed by atoms with Crippen molar-refractivity contribution in [2.24, 2.45) is 4.99 Å². The SMILES string of the molecule is C#CC#CC#CC#CC#CC#CC#CC#CC#CN=CCCCCCCCCCCC. The van der Waals surface area contributed by atoms with Gasteiger partial charge in [0.05, 0.1) is 0 Å². The zero-order valence-corrected chi connectivity index (χ0v) is 18.2. The van der Waals surface area contributed by atoms with Crippen LogP contribution < -0.4 is 0 Å². The van der Waals surface area contributed by atoms with Gasteiger partial charge < -0.3 is 0 Å². The third-order valence-electron chi connectivity index (χ3n) is 3.60. The summed E-state index contributed by atoms with van der Waals surface area (Å²) in [5.41, 5.74) is 0. The molecule has 0 heterocycles. The van der Waals surface area contributed by atoms with Gasteiger partial charge in [0.25, 0.3) is 0 Å². The molecular formula is C30H25N. The number of aliphatic imine (C=N–C) groups is 1. The molecule has 0 atom stereocenters. The Hall–Kier alpha value is -4.29. The Morgan fingerprint density at radius 2 is 0.903 bits per heavy atom. The van der Waals surface area contributed by atoms with Gasteiger partial charge in [0.2, 0.25) is 0 Å². The summed E-state index contributed by atoms with van der Waals surface area (Å²) < 4.78 is 0. The third kappa shape index (κ3) is 25.7. The van der Waals surface area contributed by atoms with Gasteiger partial charge in [-0.3, -0.25) is 0 Å². The molecule has 0 saturated carbocycles. The smallest absolute Gasteiger partial charge is 0.0478 e. The van der Waals surface area contributed by atoms with Crippen molar-refractivity contribution in [1.29, 1.82) is 0 Å². The molecule has 0 unspecified atom stereocenters. The molecule has 0 aromatic rings. The summed E-state index contributed by atoms with van der Waals surface area (Å²) in [6.45, 7) is 2.25. The highest BCUT2D eigenvalue weighted by atomic mass is 14.6. The van der Waals surface area contributed by atoms with E-state index >= 15 is 0 Å². The van der Waals surface area contributed by atoms with E-state index in [4.69, 9.17) is 6.42 Å². The third-order valence-corrected chi connectivity index (χ3v) is 3.60. The van der Waals surface area contributed by atoms with Crippen molar-refractivity contribution >= 4 is 6.21 Å². The van der Waals surface area contributed by atoms with E-state index < -0.39 is 0 Å². The summed E-state index contributed by atoms with van der Waals surface area (Å²) in [6, 6.07) is 2.64. The summed E-state index contributed by atoms with van der Waals surface area (Å²) in [5.74, 6) is 39.9. The second-order valence-corrected chi connectivity index (χ2v) is 6.06. The number of terminal acetylenes is 1. The quantitative estimate of drug-likeness (QED) is 0.289. The maximum atomic E-state index is 4.94. The van der Waals surface area contributed by atoms with Crippen molar-refractivity contribution in [3.8, 4) is 107 Å². The molecule has 0 aromatic carbocycles. The average molecular weight is 400 g/mol. The van der Waals surface area contributed by atoms with Crippen LogP contribution in [0.3, 0.4) is 0 Å². The molecule has 0 aliphatic heterocycles. The molecule has 150 valence electrons. The van der Waals surface area contributed by atoms with Crippen LogP contribution in [0.25, 0.3) is 0 Å².